The van der Waals surface area contributed by atoms with E-state index in [1.54, 1.807) is 0 Å². The molecule has 0 saturated carbocycles. The van der Waals surface area contributed by atoms with E-state index in [0.29, 0.717) is 0 Å². The number of nitrogens with zero attached hydrogens (tertiary/aromatic N) is 1. The fourth-order valence-corrected chi connectivity index (χ4v) is 4.42. The van der Waals surface area contributed by atoms with Crippen molar-refractivity contribution in [1.29, 1.82) is 0 Å². The van der Waals surface area contributed by atoms with Crippen LogP contribution in [0.4, 0.5) is 0 Å². The van der Waals surface area contributed by atoms with Crippen molar-refractivity contribution in [2.75, 3.05) is 0 Å². The predicted molar refractivity (Wildman–Crippen MR) is 139 cm³/mol. The normalized spacial score (nSPS) is 11.5. The van der Waals surface area contributed by atoms with Gasteiger partial charge in [0.2, 0.25) is 0 Å². The van der Waals surface area contributed by atoms with Crippen molar-refractivity contribution in [2.24, 2.45) is 0 Å². The topological polar surface area (TPSA) is 28.7 Å². The Labute approximate surface area is 196 Å². The monoisotopic (exact) mass is 428 g/mol. The first-order valence-electron chi connectivity index (χ1n) is 11.4. The van der Waals surface area contributed by atoms with E-state index in [2.05, 4.69) is 128 Å². The SMILES string of the molecule is CC(C)(C)c1cc(-c2ccn[nH]2)cc(-c2ccc(-c3ccccc3)cc2)c1-c1ccccc1. The van der Waals surface area contributed by atoms with Gasteiger partial charge in [0, 0.05) is 11.8 Å². The van der Waals surface area contributed by atoms with E-state index >= 15 is 0 Å². The third kappa shape index (κ3) is 4.25. The number of hydrogen-bond acceptors (Lipinski definition) is 1. The lowest BCUT2D eigenvalue weighted by Crippen LogP contribution is -2.14. The number of H-pyrrole nitrogens is 1. The minimum Gasteiger partial charge on any atom is -0.278 e. The Morgan fingerprint density at radius 2 is 1.15 bits per heavy atom. The highest BCUT2D eigenvalue weighted by Crippen LogP contribution is 2.43. The van der Waals surface area contributed by atoms with E-state index in [4.69, 9.17) is 0 Å². The van der Waals surface area contributed by atoms with Gasteiger partial charge in [0.05, 0.1) is 5.69 Å². The van der Waals surface area contributed by atoms with Crippen molar-refractivity contribution in [3.8, 4) is 44.6 Å². The smallest absolute Gasteiger partial charge is 0.0650 e. The average molecular weight is 429 g/mol. The van der Waals surface area contributed by atoms with Gasteiger partial charge in [-0.3, -0.25) is 5.10 Å². The molecule has 0 aliphatic heterocycles. The highest BCUT2D eigenvalue weighted by Gasteiger charge is 2.24. The maximum atomic E-state index is 4.19. The summed E-state index contributed by atoms with van der Waals surface area (Å²) < 4.78 is 0. The molecule has 0 radical (unpaired) electrons. The molecule has 0 spiro atoms. The van der Waals surface area contributed by atoms with Crippen LogP contribution in [0.5, 0.6) is 0 Å². The third-order valence-electron chi connectivity index (χ3n) is 6.12. The summed E-state index contributed by atoms with van der Waals surface area (Å²) >= 11 is 0. The van der Waals surface area contributed by atoms with E-state index in [1.807, 2.05) is 12.3 Å². The molecule has 2 nitrogen and oxygen atoms in total. The summed E-state index contributed by atoms with van der Waals surface area (Å²) in [6.45, 7) is 6.86. The van der Waals surface area contributed by atoms with Crippen LogP contribution >= 0.6 is 0 Å². The van der Waals surface area contributed by atoms with Crippen molar-refractivity contribution in [3.63, 3.8) is 0 Å². The molecule has 1 N–H and O–H groups in total. The Hall–Kier alpha value is -3.91. The van der Waals surface area contributed by atoms with E-state index in [9.17, 15) is 0 Å². The van der Waals surface area contributed by atoms with Crippen molar-refractivity contribution >= 4 is 0 Å². The molecule has 5 rings (SSSR count). The molecule has 0 atom stereocenters. The van der Waals surface area contributed by atoms with Crippen LogP contribution in [-0.4, -0.2) is 10.2 Å². The Morgan fingerprint density at radius 1 is 0.576 bits per heavy atom. The van der Waals surface area contributed by atoms with E-state index in [-0.39, 0.29) is 5.41 Å². The minimum absolute atomic E-state index is 0.0278. The van der Waals surface area contributed by atoms with Crippen LogP contribution in [0, 0.1) is 0 Å². The van der Waals surface area contributed by atoms with Gasteiger partial charge in [0.15, 0.2) is 0 Å². The largest absolute Gasteiger partial charge is 0.278 e. The molecule has 1 heterocycles. The first kappa shape index (κ1) is 21.0. The standard InChI is InChI=1S/C31H28N2/c1-31(2,3)28-21-26(29-18-19-32-33-29)20-27(30(28)25-12-8-5-9-13-25)24-16-14-23(15-17-24)22-10-6-4-7-11-22/h4-21H,1-3H3,(H,32,33). The number of aromatic nitrogens is 2. The van der Waals surface area contributed by atoms with E-state index in [0.717, 1.165) is 11.3 Å². The van der Waals surface area contributed by atoms with Crippen molar-refractivity contribution < 1.29 is 0 Å². The quantitative estimate of drug-likeness (QED) is 0.306. The fraction of sp³-hybridized carbons (Fsp3) is 0.129. The number of nitrogens with one attached hydrogen (secondary N) is 1. The Balaban J connectivity index is 1.75. The van der Waals surface area contributed by atoms with Gasteiger partial charge in [-0.05, 0) is 62.6 Å². The summed E-state index contributed by atoms with van der Waals surface area (Å²) in [5, 5.41) is 7.34. The van der Waals surface area contributed by atoms with Crippen molar-refractivity contribution in [2.45, 2.75) is 26.2 Å². The molecule has 1 aromatic heterocycles. The molecule has 0 fully saturated rings. The maximum Gasteiger partial charge on any atom is 0.0650 e. The minimum atomic E-state index is -0.0278. The summed E-state index contributed by atoms with van der Waals surface area (Å²) in [5.41, 5.74) is 10.9. The second kappa shape index (κ2) is 8.55. The van der Waals surface area contributed by atoms with Crippen LogP contribution in [0.1, 0.15) is 26.3 Å². The van der Waals surface area contributed by atoms with Gasteiger partial charge in [0.25, 0.3) is 0 Å². The molecule has 162 valence electrons. The van der Waals surface area contributed by atoms with E-state index in [1.165, 1.54) is 38.9 Å². The van der Waals surface area contributed by atoms with Gasteiger partial charge in [-0.25, -0.2) is 0 Å². The molecule has 0 unspecified atom stereocenters. The molecule has 4 aromatic carbocycles. The van der Waals surface area contributed by atoms with Crippen LogP contribution in [0.25, 0.3) is 44.6 Å². The second-order valence-electron chi connectivity index (χ2n) is 9.48. The van der Waals surface area contributed by atoms with Gasteiger partial charge >= 0.3 is 0 Å². The molecule has 0 amide bonds. The molecule has 0 bridgehead atoms. The molecule has 0 saturated heterocycles. The van der Waals surface area contributed by atoms with Gasteiger partial charge in [-0.2, -0.15) is 5.10 Å². The van der Waals surface area contributed by atoms with Crippen LogP contribution in [0.2, 0.25) is 0 Å². The van der Waals surface area contributed by atoms with Crippen LogP contribution < -0.4 is 0 Å². The van der Waals surface area contributed by atoms with Gasteiger partial charge in [-0.1, -0.05) is 106 Å². The predicted octanol–water partition coefficient (Wildman–Crippen LogP) is 8.38. The Bertz CT molecular complexity index is 1340. The average Bonchev–Trinajstić information content (AvgIpc) is 3.39. The lowest BCUT2D eigenvalue weighted by atomic mass is 9.77. The summed E-state index contributed by atoms with van der Waals surface area (Å²) in [4.78, 5) is 0. The molecule has 0 aliphatic carbocycles. The number of hydrogen-bond donors (Lipinski definition) is 1. The third-order valence-corrected chi connectivity index (χ3v) is 6.12. The number of rotatable bonds is 4. The molecular formula is C31H28N2. The number of aromatic amines is 1. The zero-order valence-electron chi connectivity index (χ0n) is 19.3. The molecule has 33 heavy (non-hydrogen) atoms. The maximum absolute atomic E-state index is 4.19. The first-order chi connectivity index (χ1) is 16.0. The van der Waals surface area contributed by atoms with Crippen LogP contribution in [0.3, 0.4) is 0 Å². The fourth-order valence-electron chi connectivity index (χ4n) is 4.42. The number of benzene rings is 4. The lowest BCUT2D eigenvalue weighted by Gasteiger charge is -2.27. The van der Waals surface area contributed by atoms with Gasteiger partial charge in [-0.15, -0.1) is 0 Å². The molecule has 0 aliphatic rings. The Morgan fingerprint density at radius 3 is 1.73 bits per heavy atom. The lowest BCUT2D eigenvalue weighted by molar-refractivity contribution is 0.592. The van der Waals surface area contributed by atoms with E-state index < -0.39 is 0 Å². The highest BCUT2D eigenvalue weighted by molar-refractivity contribution is 5.90. The van der Waals surface area contributed by atoms with Crippen molar-refractivity contribution in [3.05, 3.63) is 115 Å². The zero-order valence-corrected chi connectivity index (χ0v) is 19.3. The van der Waals surface area contributed by atoms with Gasteiger partial charge < -0.3 is 0 Å². The summed E-state index contributed by atoms with van der Waals surface area (Å²) in [6.07, 6.45) is 1.81. The summed E-state index contributed by atoms with van der Waals surface area (Å²) in [6, 6.07) is 36.8. The van der Waals surface area contributed by atoms with Crippen molar-refractivity contribution in [1.82, 2.24) is 10.2 Å². The Kier molecular flexibility index (Phi) is 5.43. The van der Waals surface area contributed by atoms with Crippen LogP contribution in [-0.2, 0) is 5.41 Å². The highest BCUT2D eigenvalue weighted by atomic mass is 15.1. The van der Waals surface area contributed by atoms with Gasteiger partial charge in [0.1, 0.15) is 0 Å². The van der Waals surface area contributed by atoms with Crippen LogP contribution in [0.15, 0.2) is 109 Å². The first-order valence-corrected chi connectivity index (χ1v) is 11.4. The summed E-state index contributed by atoms with van der Waals surface area (Å²) in [7, 11) is 0. The molecule has 5 aromatic rings. The molecule has 2 heteroatoms. The zero-order chi connectivity index (χ0) is 22.8. The molecular weight excluding hydrogens is 400 g/mol. The summed E-state index contributed by atoms with van der Waals surface area (Å²) in [5.74, 6) is 0. The second-order valence-corrected chi connectivity index (χ2v) is 9.48.